The van der Waals surface area contributed by atoms with Crippen molar-refractivity contribution in [1.29, 1.82) is 0 Å². The van der Waals surface area contributed by atoms with Crippen molar-refractivity contribution in [2.75, 3.05) is 39.0 Å². The summed E-state index contributed by atoms with van der Waals surface area (Å²) in [5, 5.41) is 4.13. The molecule has 1 aliphatic heterocycles. The van der Waals surface area contributed by atoms with Gasteiger partial charge in [-0.15, -0.1) is 5.10 Å². The van der Waals surface area contributed by atoms with E-state index < -0.39 is 0 Å². The summed E-state index contributed by atoms with van der Waals surface area (Å²) in [5.41, 5.74) is 9.18. The fourth-order valence-corrected chi connectivity index (χ4v) is 5.87. The van der Waals surface area contributed by atoms with Crippen molar-refractivity contribution >= 4 is 22.5 Å². The second kappa shape index (κ2) is 10.8. The number of anilines is 1. The summed E-state index contributed by atoms with van der Waals surface area (Å²) < 4.78 is 18.3. The number of nitrogens with zero attached hydrogens (tertiary/aromatic N) is 7. The quantitative estimate of drug-likeness (QED) is 0.425. The third-order valence-corrected chi connectivity index (χ3v) is 7.82. The van der Waals surface area contributed by atoms with Crippen LogP contribution in [0.3, 0.4) is 0 Å². The largest absolute Gasteiger partial charge is 0.367 e. The van der Waals surface area contributed by atoms with Crippen LogP contribution >= 0.6 is 0 Å². The van der Waals surface area contributed by atoms with Gasteiger partial charge in [-0.25, -0.2) is 18.9 Å². The van der Waals surface area contributed by atoms with E-state index >= 15 is 0 Å². The number of benzene rings is 1. The molecule has 0 amide bonds. The predicted octanol–water partition coefficient (Wildman–Crippen LogP) is 4.92. The molecule has 1 saturated heterocycles. The van der Waals surface area contributed by atoms with Crippen molar-refractivity contribution in [3.63, 3.8) is 0 Å². The van der Waals surface area contributed by atoms with E-state index in [1.807, 2.05) is 23.6 Å². The Morgan fingerprint density at radius 3 is 2.46 bits per heavy atom. The fourth-order valence-electron chi connectivity index (χ4n) is 5.87. The Bertz CT molecular complexity index is 1360. The third-order valence-electron chi connectivity index (χ3n) is 7.82. The molecule has 37 heavy (non-hydrogen) atoms. The van der Waals surface area contributed by atoms with Gasteiger partial charge in [0.1, 0.15) is 11.3 Å². The molecule has 9 heteroatoms. The Balaban J connectivity index is 0.000000182. The number of imidazole rings is 1. The van der Waals surface area contributed by atoms with Gasteiger partial charge >= 0.3 is 0 Å². The number of likely N-dealkylation sites (N-methyl/N-ethyl adjacent to an activating group) is 1. The van der Waals surface area contributed by atoms with Gasteiger partial charge in [0.2, 0.25) is 5.95 Å². The molecule has 1 aliphatic carbocycles. The van der Waals surface area contributed by atoms with Gasteiger partial charge in [0.05, 0.1) is 17.2 Å². The third kappa shape index (κ3) is 5.33. The average molecular weight is 507 g/mol. The van der Waals surface area contributed by atoms with Gasteiger partial charge < -0.3 is 15.2 Å². The van der Waals surface area contributed by atoms with E-state index in [-0.39, 0.29) is 17.8 Å². The SMILES string of the molecule is CN1CCN(C2CCCCC2)CC1.Cc1nc2c(F)cc(-c3ccn4nc(N)ncc34)cc2n1C(C)C. The molecule has 198 valence electrons. The zero-order valence-electron chi connectivity index (χ0n) is 22.5. The number of fused-ring (bicyclic) bond motifs is 2. The summed E-state index contributed by atoms with van der Waals surface area (Å²) in [6.07, 6.45) is 10.8. The lowest BCUT2D eigenvalue weighted by molar-refractivity contribution is 0.0913. The van der Waals surface area contributed by atoms with Crippen molar-refractivity contribution in [3.05, 3.63) is 42.2 Å². The monoisotopic (exact) mass is 506 g/mol. The van der Waals surface area contributed by atoms with Gasteiger partial charge in [-0.05, 0) is 64.4 Å². The van der Waals surface area contributed by atoms with Crippen LogP contribution < -0.4 is 5.73 Å². The minimum absolute atomic E-state index is 0.193. The first-order valence-electron chi connectivity index (χ1n) is 13.5. The van der Waals surface area contributed by atoms with E-state index in [0.717, 1.165) is 34.0 Å². The van der Waals surface area contributed by atoms with Crippen LogP contribution in [0, 0.1) is 12.7 Å². The molecule has 4 aromatic rings. The summed E-state index contributed by atoms with van der Waals surface area (Å²) >= 11 is 0. The molecule has 2 aliphatic rings. The molecule has 0 atom stereocenters. The van der Waals surface area contributed by atoms with Gasteiger partial charge in [-0.3, -0.25) is 4.90 Å². The number of piperazine rings is 1. The van der Waals surface area contributed by atoms with Crippen molar-refractivity contribution in [1.82, 2.24) is 33.9 Å². The van der Waals surface area contributed by atoms with Crippen LogP contribution in [0.4, 0.5) is 10.3 Å². The minimum Gasteiger partial charge on any atom is -0.367 e. The first-order valence-corrected chi connectivity index (χ1v) is 13.5. The highest BCUT2D eigenvalue weighted by molar-refractivity contribution is 5.88. The van der Waals surface area contributed by atoms with Gasteiger partial charge in [-0.1, -0.05) is 19.3 Å². The van der Waals surface area contributed by atoms with Crippen LogP contribution in [0.25, 0.3) is 27.7 Å². The predicted molar refractivity (Wildman–Crippen MR) is 147 cm³/mol. The number of nitrogen functional groups attached to an aromatic ring is 1. The topological polar surface area (TPSA) is 80.5 Å². The highest BCUT2D eigenvalue weighted by Gasteiger charge is 2.23. The zero-order valence-corrected chi connectivity index (χ0v) is 22.5. The van der Waals surface area contributed by atoms with Gasteiger partial charge in [0.25, 0.3) is 0 Å². The van der Waals surface area contributed by atoms with Crippen molar-refractivity contribution in [2.24, 2.45) is 0 Å². The van der Waals surface area contributed by atoms with Crippen LogP contribution in [-0.4, -0.2) is 73.2 Å². The van der Waals surface area contributed by atoms with Crippen LogP contribution in [0.1, 0.15) is 57.8 Å². The molecular weight excluding hydrogens is 467 g/mol. The molecule has 0 radical (unpaired) electrons. The van der Waals surface area contributed by atoms with E-state index in [9.17, 15) is 4.39 Å². The van der Waals surface area contributed by atoms with E-state index in [2.05, 4.69) is 45.8 Å². The summed E-state index contributed by atoms with van der Waals surface area (Å²) in [7, 11) is 2.23. The maximum Gasteiger partial charge on any atom is 0.238 e. The van der Waals surface area contributed by atoms with E-state index in [0.29, 0.717) is 5.52 Å². The summed E-state index contributed by atoms with van der Waals surface area (Å²) in [6.45, 7) is 11.2. The highest BCUT2D eigenvalue weighted by atomic mass is 19.1. The zero-order chi connectivity index (χ0) is 26.1. The first-order chi connectivity index (χ1) is 17.8. The second-order valence-corrected chi connectivity index (χ2v) is 10.8. The lowest BCUT2D eigenvalue weighted by atomic mass is 9.94. The first kappa shape index (κ1) is 25.6. The molecule has 2 fully saturated rings. The maximum atomic E-state index is 14.6. The molecule has 0 spiro atoms. The number of hydrogen-bond acceptors (Lipinski definition) is 6. The molecule has 0 bridgehead atoms. The molecule has 6 rings (SSSR count). The van der Waals surface area contributed by atoms with E-state index in [1.165, 1.54) is 64.3 Å². The van der Waals surface area contributed by atoms with E-state index in [4.69, 9.17) is 5.73 Å². The molecule has 4 heterocycles. The Labute approximate surface area is 218 Å². The molecule has 1 saturated carbocycles. The molecule has 2 N–H and O–H groups in total. The Kier molecular flexibility index (Phi) is 7.44. The van der Waals surface area contributed by atoms with Crippen molar-refractivity contribution < 1.29 is 4.39 Å². The Morgan fingerprint density at radius 1 is 1.03 bits per heavy atom. The standard InChI is InChI=1S/C17H17FN6.C11H22N2/c1-9(2)24-10(3)21-16-13(18)6-11(7-14(16)24)12-4-5-23-15(12)8-20-17(19)22-23;1-12-7-9-13(10-8-12)11-5-3-2-4-6-11/h4-9H,1-3H3,(H2,19,22);11H,2-10H2,1H3. The lowest BCUT2D eigenvalue weighted by Gasteiger charge is -2.39. The van der Waals surface area contributed by atoms with Crippen molar-refractivity contribution in [2.45, 2.75) is 65.0 Å². The van der Waals surface area contributed by atoms with Gasteiger partial charge in [-0.2, -0.15) is 0 Å². The van der Waals surface area contributed by atoms with Gasteiger partial charge in [0.15, 0.2) is 5.82 Å². The lowest BCUT2D eigenvalue weighted by Crippen LogP contribution is -2.49. The van der Waals surface area contributed by atoms with Crippen LogP contribution in [0.2, 0.25) is 0 Å². The number of aromatic nitrogens is 5. The normalized spacial score (nSPS) is 18.0. The smallest absolute Gasteiger partial charge is 0.238 e. The van der Waals surface area contributed by atoms with Crippen LogP contribution in [0.15, 0.2) is 30.6 Å². The molecule has 8 nitrogen and oxygen atoms in total. The Hall–Kier alpha value is -3.04. The number of hydrogen-bond donors (Lipinski definition) is 1. The minimum atomic E-state index is -0.333. The van der Waals surface area contributed by atoms with Crippen molar-refractivity contribution in [3.8, 4) is 11.1 Å². The van der Waals surface area contributed by atoms with E-state index in [1.54, 1.807) is 16.9 Å². The molecular formula is C28H39FN8. The number of rotatable bonds is 3. The highest BCUT2D eigenvalue weighted by Crippen LogP contribution is 2.32. The maximum absolute atomic E-state index is 14.6. The average Bonchev–Trinajstić information content (AvgIpc) is 3.45. The summed E-state index contributed by atoms with van der Waals surface area (Å²) in [5.74, 6) is 0.661. The number of nitrogens with two attached hydrogens (primary N) is 1. The summed E-state index contributed by atoms with van der Waals surface area (Å²) in [4.78, 5) is 13.6. The summed E-state index contributed by atoms with van der Waals surface area (Å²) in [6, 6.07) is 6.48. The molecule has 3 aromatic heterocycles. The fraction of sp³-hybridized carbons (Fsp3) is 0.536. The number of aryl methyl sites for hydroxylation is 1. The van der Waals surface area contributed by atoms with Gasteiger partial charge in [0, 0.05) is 50.0 Å². The second-order valence-electron chi connectivity index (χ2n) is 10.8. The molecule has 0 unspecified atom stereocenters. The molecule has 1 aromatic carbocycles. The number of halogens is 1. The van der Waals surface area contributed by atoms with Crippen LogP contribution in [0.5, 0.6) is 0 Å². The van der Waals surface area contributed by atoms with Crippen LogP contribution in [-0.2, 0) is 0 Å². The Morgan fingerprint density at radius 2 is 1.76 bits per heavy atom.